The molecule has 0 aliphatic carbocycles. The molecule has 36 heavy (non-hydrogen) atoms. The van der Waals surface area contributed by atoms with Gasteiger partial charge in [0.1, 0.15) is 23.5 Å². The standard InChI is InChI=1S/C24H28F3N5O4/c1-12(2)8-17(22(34)30-14(11-28)9-13-6-7-29-21(13)33)32-23(35)18-10-15-19(36-3)5-4-16(20(15)31-18)24(25,26)27/h4-5,10,12-14,17,31H,6-9H2,1-3H3,(H,29,33)(H,30,34)(H,32,35)/t13-,14-,17-/m0/s1. The Balaban J connectivity index is 1.81. The van der Waals surface area contributed by atoms with Gasteiger partial charge in [-0.1, -0.05) is 13.8 Å². The van der Waals surface area contributed by atoms with Crippen molar-refractivity contribution in [2.75, 3.05) is 13.7 Å². The number of nitriles is 1. The fourth-order valence-electron chi connectivity index (χ4n) is 4.24. The van der Waals surface area contributed by atoms with Gasteiger partial charge in [0.15, 0.2) is 0 Å². The zero-order valence-corrected chi connectivity index (χ0v) is 20.1. The molecule has 194 valence electrons. The van der Waals surface area contributed by atoms with E-state index in [0.717, 1.165) is 6.07 Å². The maximum absolute atomic E-state index is 13.5. The van der Waals surface area contributed by atoms with E-state index in [4.69, 9.17) is 4.74 Å². The van der Waals surface area contributed by atoms with Crippen LogP contribution in [-0.2, 0) is 15.8 Å². The third-order valence-electron chi connectivity index (χ3n) is 6.01. The highest BCUT2D eigenvalue weighted by Gasteiger charge is 2.35. The summed E-state index contributed by atoms with van der Waals surface area (Å²) in [5.74, 6) is -1.85. The Morgan fingerprint density at radius 3 is 2.56 bits per heavy atom. The minimum Gasteiger partial charge on any atom is -0.496 e. The van der Waals surface area contributed by atoms with E-state index < -0.39 is 41.6 Å². The molecule has 4 N–H and O–H groups in total. The van der Waals surface area contributed by atoms with Crippen molar-refractivity contribution >= 4 is 28.6 Å². The van der Waals surface area contributed by atoms with Gasteiger partial charge in [-0.2, -0.15) is 18.4 Å². The van der Waals surface area contributed by atoms with Crippen LogP contribution in [0.5, 0.6) is 5.75 Å². The van der Waals surface area contributed by atoms with E-state index >= 15 is 0 Å². The molecule has 12 heteroatoms. The van der Waals surface area contributed by atoms with Crippen LogP contribution in [0.2, 0.25) is 0 Å². The van der Waals surface area contributed by atoms with E-state index in [1.54, 1.807) is 0 Å². The second-order valence-electron chi connectivity index (χ2n) is 9.14. The van der Waals surface area contributed by atoms with Crippen LogP contribution in [-0.4, -0.2) is 48.4 Å². The van der Waals surface area contributed by atoms with Crippen LogP contribution < -0.4 is 20.7 Å². The lowest BCUT2D eigenvalue weighted by Gasteiger charge is -2.22. The molecule has 0 saturated carbocycles. The summed E-state index contributed by atoms with van der Waals surface area (Å²) >= 11 is 0. The fourth-order valence-corrected chi connectivity index (χ4v) is 4.24. The van der Waals surface area contributed by atoms with Crippen molar-refractivity contribution in [3.63, 3.8) is 0 Å². The van der Waals surface area contributed by atoms with Crippen LogP contribution in [0.15, 0.2) is 18.2 Å². The number of nitrogens with one attached hydrogen (secondary N) is 4. The fraction of sp³-hybridized carbons (Fsp3) is 0.500. The van der Waals surface area contributed by atoms with Gasteiger partial charge in [0.05, 0.1) is 24.3 Å². The van der Waals surface area contributed by atoms with Crippen LogP contribution in [0.1, 0.15) is 49.2 Å². The normalized spacial score (nSPS) is 17.4. The number of aromatic amines is 1. The molecule has 1 fully saturated rings. The number of benzene rings is 1. The van der Waals surface area contributed by atoms with E-state index in [1.807, 2.05) is 19.9 Å². The highest BCUT2D eigenvalue weighted by atomic mass is 19.4. The van der Waals surface area contributed by atoms with Crippen molar-refractivity contribution in [3.05, 3.63) is 29.5 Å². The molecule has 3 atom stereocenters. The van der Waals surface area contributed by atoms with Gasteiger partial charge in [0, 0.05) is 17.8 Å². The van der Waals surface area contributed by atoms with Crippen molar-refractivity contribution in [2.24, 2.45) is 11.8 Å². The molecule has 1 aromatic heterocycles. The minimum atomic E-state index is -4.66. The third kappa shape index (κ3) is 6.08. The van der Waals surface area contributed by atoms with E-state index in [-0.39, 0.29) is 47.0 Å². The Morgan fingerprint density at radius 2 is 2.00 bits per heavy atom. The molecule has 1 aliphatic heterocycles. The quantitative estimate of drug-likeness (QED) is 0.414. The minimum absolute atomic E-state index is 0.0261. The van der Waals surface area contributed by atoms with Crippen LogP contribution in [0, 0.1) is 23.2 Å². The molecular formula is C24H28F3N5O4. The van der Waals surface area contributed by atoms with E-state index in [2.05, 4.69) is 20.9 Å². The first-order chi connectivity index (χ1) is 16.9. The average Bonchev–Trinajstić information content (AvgIpc) is 3.42. The monoisotopic (exact) mass is 507 g/mol. The summed E-state index contributed by atoms with van der Waals surface area (Å²) in [6.07, 6.45) is -3.75. The predicted molar refractivity (Wildman–Crippen MR) is 124 cm³/mol. The molecule has 2 heterocycles. The summed E-state index contributed by atoms with van der Waals surface area (Å²) in [6.45, 7) is 4.17. The SMILES string of the molecule is COc1ccc(C(F)(F)F)c2[nH]c(C(=O)N[C@@H](CC(C)C)C(=O)N[C@H](C#N)C[C@@H]3CCNC3=O)cc12. The van der Waals surface area contributed by atoms with Crippen LogP contribution in [0.3, 0.4) is 0 Å². The number of carbonyl (C=O) groups is 3. The van der Waals surface area contributed by atoms with Gasteiger partial charge in [-0.25, -0.2) is 0 Å². The van der Waals surface area contributed by atoms with Gasteiger partial charge in [-0.3, -0.25) is 14.4 Å². The van der Waals surface area contributed by atoms with Gasteiger partial charge in [-0.05, 0) is 43.4 Å². The Morgan fingerprint density at radius 1 is 1.28 bits per heavy atom. The first-order valence-corrected chi connectivity index (χ1v) is 11.5. The zero-order chi connectivity index (χ0) is 26.6. The summed E-state index contributed by atoms with van der Waals surface area (Å²) in [5.41, 5.74) is -1.45. The number of ether oxygens (including phenoxy) is 1. The Kier molecular flexibility index (Phi) is 8.12. The van der Waals surface area contributed by atoms with E-state index in [1.165, 1.54) is 19.2 Å². The van der Waals surface area contributed by atoms with Crippen LogP contribution in [0.25, 0.3) is 10.9 Å². The Hall–Kier alpha value is -3.75. The van der Waals surface area contributed by atoms with Gasteiger partial charge < -0.3 is 25.7 Å². The number of fused-ring (bicyclic) bond motifs is 1. The van der Waals surface area contributed by atoms with Crippen molar-refractivity contribution in [1.82, 2.24) is 20.9 Å². The van der Waals surface area contributed by atoms with Crippen LogP contribution in [0.4, 0.5) is 13.2 Å². The highest BCUT2D eigenvalue weighted by Crippen LogP contribution is 2.38. The second-order valence-corrected chi connectivity index (χ2v) is 9.14. The summed E-state index contributed by atoms with van der Waals surface area (Å²) in [6, 6.07) is 3.25. The molecule has 1 saturated heterocycles. The summed E-state index contributed by atoms with van der Waals surface area (Å²) in [4.78, 5) is 40.3. The van der Waals surface area contributed by atoms with Crippen molar-refractivity contribution in [1.29, 1.82) is 5.26 Å². The number of hydrogen-bond donors (Lipinski definition) is 4. The molecule has 2 aromatic rings. The highest BCUT2D eigenvalue weighted by molar-refractivity contribution is 6.02. The lowest BCUT2D eigenvalue weighted by molar-refractivity contribution is -0.136. The predicted octanol–water partition coefficient (Wildman–Crippen LogP) is 2.87. The maximum atomic E-state index is 13.5. The first-order valence-electron chi connectivity index (χ1n) is 11.5. The molecule has 0 unspecified atom stereocenters. The topological polar surface area (TPSA) is 136 Å². The zero-order valence-electron chi connectivity index (χ0n) is 20.1. The molecule has 3 rings (SSSR count). The summed E-state index contributed by atoms with van der Waals surface area (Å²) < 4.78 is 45.6. The lowest BCUT2D eigenvalue weighted by atomic mass is 9.98. The number of alkyl halides is 3. The second kappa shape index (κ2) is 10.9. The molecule has 1 aromatic carbocycles. The number of halogens is 3. The number of carbonyl (C=O) groups excluding carboxylic acids is 3. The number of H-pyrrole nitrogens is 1. The average molecular weight is 508 g/mol. The molecular weight excluding hydrogens is 479 g/mol. The molecule has 3 amide bonds. The van der Waals surface area contributed by atoms with Gasteiger partial charge >= 0.3 is 6.18 Å². The van der Waals surface area contributed by atoms with Crippen molar-refractivity contribution < 1.29 is 32.3 Å². The summed E-state index contributed by atoms with van der Waals surface area (Å²) in [7, 11) is 1.30. The first kappa shape index (κ1) is 26.8. The van der Waals surface area contributed by atoms with E-state index in [9.17, 15) is 32.8 Å². The molecule has 1 aliphatic rings. The number of aromatic nitrogens is 1. The molecule has 0 bridgehead atoms. The number of hydrogen-bond acceptors (Lipinski definition) is 5. The third-order valence-corrected chi connectivity index (χ3v) is 6.01. The smallest absolute Gasteiger partial charge is 0.418 e. The molecule has 0 spiro atoms. The number of rotatable bonds is 9. The number of methoxy groups -OCH3 is 1. The Labute approximate surface area is 205 Å². The van der Waals surface area contributed by atoms with Crippen molar-refractivity contribution in [2.45, 2.75) is 51.4 Å². The lowest BCUT2D eigenvalue weighted by Crippen LogP contribution is -2.50. The Bertz CT molecular complexity index is 1180. The van der Waals surface area contributed by atoms with Gasteiger partial charge in [0.25, 0.3) is 5.91 Å². The van der Waals surface area contributed by atoms with Crippen molar-refractivity contribution in [3.8, 4) is 11.8 Å². The van der Waals surface area contributed by atoms with Crippen LogP contribution >= 0.6 is 0 Å². The number of nitrogens with zero attached hydrogens (tertiary/aromatic N) is 1. The maximum Gasteiger partial charge on any atom is 0.418 e. The van der Waals surface area contributed by atoms with Gasteiger partial charge in [0.2, 0.25) is 11.8 Å². The van der Waals surface area contributed by atoms with E-state index in [0.29, 0.717) is 13.0 Å². The largest absolute Gasteiger partial charge is 0.496 e. The molecule has 0 radical (unpaired) electrons. The van der Waals surface area contributed by atoms with Gasteiger partial charge in [-0.15, -0.1) is 0 Å². The summed E-state index contributed by atoms with van der Waals surface area (Å²) in [5, 5.41) is 17.4. The number of amides is 3. The molecule has 9 nitrogen and oxygen atoms in total.